The number of hydrogen-bond acceptors (Lipinski definition) is 8. The minimum Gasteiger partial charge on any atom is -0.467 e. The molecule has 0 N–H and O–H groups in total. The summed E-state index contributed by atoms with van der Waals surface area (Å²) in [6.45, 7) is 2.40. The van der Waals surface area contributed by atoms with Gasteiger partial charge in [0.25, 0.3) is 0 Å². The molecule has 7 nitrogen and oxygen atoms in total. The molecule has 24 heavy (non-hydrogen) atoms. The number of pyridine rings is 1. The van der Waals surface area contributed by atoms with E-state index >= 15 is 0 Å². The van der Waals surface area contributed by atoms with Crippen molar-refractivity contribution >= 4 is 23.3 Å². The highest BCUT2D eigenvalue weighted by Gasteiger charge is 2.18. The predicted molar refractivity (Wildman–Crippen MR) is 89.8 cm³/mol. The Morgan fingerprint density at radius 1 is 1.25 bits per heavy atom. The molecule has 4 rings (SSSR count). The zero-order valence-corrected chi connectivity index (χ0v) is 14.3. The van der Waals surface area contributed by atoms with Crippen LogP contribution in [0.15, 0.2) is 56.8 Å². The van der Waals surface area contributed by atoms with Gasteiger partial charge in [0.1, 0.15) is 11.6 Å². The maximum atomic E-state index is 5.48. The molecule has 0 radical (unpaired) electrons. The molecule has 0 aliphatic carbocycles. The Kier molecular flexibility index (Phi) is 4.09. The summed E-state index contributed by atoms with van der Waals surface area (Å²) in [4.78, 5) is 8.54. The van der Waals surface area contributed by atoms with Gasteiger partial charge in [-0.25, -0.2) is 4.98 Å². The van der Waals surface area contributed by atoms with Crippen molar-refractivity contribution in [3.8, 4) is 11.4 Å². The van der Waals surface area contributed by atoms with Gasteiger partial charge in [0.2, 0.25) is 0 Å². The van der Waals surface area contributed by atoms with Gasteiger partial charge in [0.05, 0.1) is 12.8 Å². The first-order valence-electron chi connectivity index (χ1n) is 7.14. The Hall–Kier alpha value is -2.52. The van der Waals surface area contributed by atoms with E-state index in [0.717, 1.165) is 32.5 Å². The minimum atomic E-state index is 0.532. The number of hydrogen-bond donors (Lipinski definition) is 0. The van der Waals surface area contributed by atoms with Crippen LogP contribution in [0.2, 0.25) is 0 Å². The fraction of sp³-hybridized carbons (Fsp3) is 0.133. The Balaban J connectivity index is 1.74. The molecule has 0 unspecified atom stereocenters. The van der Waals surface area contributed by atoms with E-state index in [2.05, 4.69) is 24.5 Å². The van der Waals surface area contributed by atoms with Crippen LogP contribution in [-0.2, 0) is 6.54 Å². The summed E-state index contributed by atoms with van der Waals surface area (Å²) in [6, 6.07) is 7.63. The van der Waals surface area contributed by atoms with Crippen LogP contribution in [0.4, 0.5) is 0 Å². The van der Waals surface area contributed by atoms with Crippen molar-refractivity contribution in [1.82, 2.24) is 29.1 Å². The lowest BCUT2D eigenvalue weighted by molar-refractivity contribution is 0.485. The number of rotatable bonds is 5. The summed E-state index contributed by atoms with van der Waals surface area (Å²) < 4.78 is 12.5. The van der Waals surface area contributed by atoms with Crippen LogP contribution in [-0.4, -0.2) is 29.1 Å². The first kappa shape index (κ1) is 15.0. The van der Waals surface area contributed by atoms with Gasteiger partial charge < -0.3 is 4.42 Å². The van der Waals surface area contributed by atoms with Crippen LogP contribution >= 0.6 is 23.3 Å². The average Bonchev–Trinajstić information content (AvgIpc) is 3.33. The minimum absolute atomic E-state index is 0.532. The fourth-order valence-electron chi connectivity index (χ4n) is 2.17. The van der Waals surface area contributed by atoms with Gasteiger partial charge in [-0.3, -0.25) is 9.55 Å². The van der Waals surface area contributed by atoms with Gasteiger partial charge in [0.15, 0.2) is 15.3 Å². The molecule has 0 fully saturated rings. The summed E-state index contributed by atoms with van der Waals surface area (Å²) in [7, 11) is 0. The summed E-state index contributed by atoms with van der Waals surface area (Å²) in [5, 5.41) is 9.40. The van der Waals surface area contributed by atoms with Gasteiger partial charge in [-0.1, -0.05) is 0 Å². The van der Waals surface area contributed by atoms with Crippen LogP contribution in [0.3, 0.4) is 0 Å². The summed E-state index contributed by atoms with van der Waals surface area (Å²) >= 11 is 2.80. The van der Waals surface area contributed by atoms with Crippen molar-refractivity contribution in [2.45, 2.75) is 23.0 Å². The third kappa shape index (κ3) is 3.08. The Morgan fingerprint density at radius 3 is 2.92 bits per heavy atom. The van der Waals surface area contributed by atoms with E-state index in [4.69, 9.17) is 4.42 Å². The van der Waals surface area contributed by atoms with Gasteiger partial charge >= 0.3 is 0 Å². The topological polar surface area (TPSA) is 82.5 Å². The van der Waals surface area contributed by atoms with Crippen molar-refractivity contribution in [2.24, 2.45) is 0 Å². The lowest BCUT2D eigenvalue weighted by Gasteiger charge is -2.07. The van der Waals surface area contributed by atoms with Crippen LogP contribution in [0.25, 0.3) is 11.4 Å². The van der Waals surface area contributed by atoms with E-state index in [1.54, 1.807) is 18.7 Å². The van der Waals surface area contributed by atoms with E-state index in [1.807, 2.05) is 35.8 Å². The second kappa shape index (κ2) is 6.54. The molecule has 0 aliphatic heterocycles. The lowest BCUT2D eigenvalue weighted by Crippen LogP contribution is -2.03. The first-order valence-corrected chi connectivity index (χ1v) is 8.73. The van der Waals surface area contributed by atoms with E-state index in [1.165, 1.54) is 23.3 Å². The van der Waals surface area contributed by atoms with E-state index in [9.17, 15) is 0 Å². The number of aromatic nitrogens is 6. The van der Waals surface area contributed by atoms with Crippen LogP contribution < -0.4 is 0 Å². The highest BCUT2D eigenvalue weighted by atomic mass is 32.2. The quantitative estimate of drug-likeness (QED) is 0.542. The molecule has 0 spiro atoms. The van der Waals surface area contributed by atoms with Gasteiger partial charge in [-0.15, -0.1) is 10.2 Å². The zero-order chi connectivity index (χ0) is 16.4. The van der Waals surface area contributed by atoms with E-state index in [0.29, 0.717) is 6.54 Å². The number of furan rings is 1. The molecular weight excluding hydrogens is 344 g/mol. The maximum absolute atomic E-state index is 5.48. The maximum Gasteiger partial charge on any atom is 0.199 e. The lowest BCUT2D eigenvalue weighted by atomic mass is 10.2. The van der Waals surface area contributed by atoms with Gasteiger partial charge in [0, 0.05) is 18.0 Å². The zero-order valence-electron chi connectivity index (χ0n) is 12.7. The molecule has 0 aromatic carbocycles. The second-order valence-electron chi connectivity index (χ2n) is 4.92. The average molecular weight is 356 g/mol. The van der Waals surface area contributed by atoms with Crippen LogP contribution in [0.1, 0.15) is 11.6 Å². The Bertz CT molecular complexity index is 932. The first-order chi connectivity index (χ1) is 11.8. The van der Waals surface area contributed by atoms with Crippen molar-refractivity contribution in [2.75, 3.05) is 0 Å². The highest BCUT2D eigenvalue weighted by molar-refractivity contribution is 8.00. The number of aryl methyl sites for hydroxylation is 1. The Labute approximate surface area is 146 Å². The highest BCUT2D eigenvalue weighted by Crippen LogP contribution is 2.31. The normalized spacial score (nSPS) is 11.0. The molecule has 0 aliphatic rings. The monoisotopic (exact) mass is 356 g/mol. The molecule has 0 bridgehead atoms. The third-order valence-corrected chi connectivity index (χ3v) is 5.05. The molecule has 0 amide bonds. The fourth-order valence-corrected chi connectivity index (χ4v) is 3.76. The number of nitrogens with zero attached hydrogens (tertiary/aromatic N) is 6. The van der Waals surface area contributed by atoms with Crippen LogP contribution in [0.5, 0.6) is 0 Å². The van der Waals surface area contributed by atoms with Crippen molar-refractivity contribution in [3.63, 3.8) is 0 Å². The van der Waals surface area contributed by atoms with Gasteiger partial charge in [-0.05, 0) is 54.5 Å². The smallest absolute Gasteiger partial charge is 0.199 e. The molecule has 0 saturated carbocycles. The molecule has 4 aromatic heterocycles. The van der Waals surface area contributed by atoms with Gasteiger partial charge in [-0.2, -0.15) is 4.37 Å². The largest absolute Gasteiger partial charge is 0.467 e. The molecule has 0 saturated heterocycles. The molecular formula is C15H12N6OS2. The van der Waals surface area contributed by atoms with Crippen molar-refractivity contribution < 1.29 is 4.42 Å². The molecule has 120 valence electrons. The summed E-state index contributed by atoms with van der Waals surface area (Å²) in [5.74, 6) is 2.32. The van der Waals surface area contributed by atoms with E-state index < -0.39 is 0 Å². The summed E-state index contributed by atoms with van der Waals surface area (Å²) in [6.07, 6.45) is 5.16. The summed E-state index contributed by atoms with van der Waals surface area (Å²) in [5.41, 5.74) is 0.900. The van der Waals surface area contributed by atoms with E-state index in [-0.39, 0.29) is 0 Å². The Morgan fingerprint density at radius 2 is 2.21 bits per heavy atom. The molecule has 9 heteroatoms. The molecule has 0 atom stereocenters. The SMILES string of the molecule is Cc1nsc(Sc2nnc(-c3cccnc3)n2Cc2ccco2)n1. The second-order valence-corrected chi connectivity index (χ2v) is 6.89. The standard InChI is InChI=1S/C15H12N6OS2/c1-10-17-15(24-20-10)23-14-19-18-13(11-4-2-6-16-8-11)21(14)9-12-5-3-7-22-12/h2-8H,9H2,1H3. The van der Waals surface area contributed by atoms with Crippen molar-refractivity contribution in [1.29, 1.82) is 0 Å². The van der Waals surface area contributed by atoms with Crippen LogP contribution in [0, 0.1) is 6.92 Å². The predicted octanol–water partition coefficient (Wildman–Crippen LogP) is 3.29. The van der Waals surface area contributed by atoms with Crippen molar-refractivity contribution in [3.05, 3.63) is 54.5 Å². The molecule has 4 heterocycles. The molecule has 4 aromatic rings. The third-order valence-electron chi connectivity index (χ3n) is 3.22.